The van der Waals surface area contributed by atoms with Gasteiger partial charge in [0.15, 0.2) is 0 Å². The number of urea groups is 1. The largest absolute Gasteiger partial charge is 0.481 e. The molecule has 0 aliphatic carbocycles. The molecule has 19 heavy (non-hydrogen) atoms. The molecule has 2 unspecified atom stereocenters. The molecule has 1 rings (SSSR count). The first kappa shape index (κ1) is 15.8. The average molecular weight is 270 g/mol. The maximum atomic E-state index is 12.0. The number of carbonyl (C=O) groups is 2. The number of likely N-dealkylation sites (tertiary alicyclic amines) is 1. The van der Waals surface area contributed by atoms with Crippen molar-refractivity contribution in [2.45, 2.75) is 58.4 Å². The number of carboxylic acids is 1. The van der Waals surface area contributed by atoms with Gasteiger partial charge in [0.2, 0.25) is 0 Å². The highest BCUT2D eigenvalue weighted by molar-refractivity contribution is 5.76. The van der Waals surface area contributed by atoms with Gasteiger partial charge in [-0.25, -0.2) is 4.79 Å². The van der Waals surface area contributed by atoms with E-state index in [-0.39, 0.29) is 12.1 Å². The van der Waals surface area contributed by atoms with E-state index in [0.717, 1.165) is 19.3 Å². The summed E-state index contributed by atoms with van der Waals surface area (Å²) >= 11 is 0. The minimum Gasteiger partial charge on any atom is -0.481 e. The summed E-state index contributed by atoms with van der Waals surface area (Å²) in [5, 5.41) is 12.0. The fourth-order valence-corrected chi connectivity index (χ4v) is 2.44. The van der Waals surface area contributed by atoms with E-state index in [1.54, 1.807) is 4.90 Å². The van der Waals surface area contributed by atoms with E-state index >= 15 is 0 Å². The molecule has 1 fully saturated rings. The van der Waals surface area contributed by atoms with Crippen molar-refractivity contribution in [2.24, 2.45) is 5.92 Å². The van der Waals surface area contributed by atoms with E-state index in [1.165, 1.54) is 12.8 Å². The Balaban J connectivity index is 2.33. The molecule has 2 amide bonds. The van der Waals surface area contributed by atoms with Crippen LogP contribution in [0, 0.1) is 5.92 Å². The first-order chi connectivity index (χ1) is 9.04. The lowest BCUT2D eigenvalue weighted by Crippen LogP contribution is -2.49. The Morgan fingerprint density at radius 3 is 2.79 bits per heavy atom. The van der Waals surface area contributed by atoms with E-state index in [4.69, 9.17) is 5.11 Å². The molecule has 0 aromatic heterocycles. The van der Waals surface area contributed by atoms with Crippen molar-refractivity contribution in [3.8, 4) is 0 Å². The van der Waals surface area contributed by atoms with E-state index < -0.39 is 11.9 Å². The van der Waals surface area contributed by atoms with Crippen LogP contribution in [-0.2, 0) is 4.79 Å². The van der Waals surface area contributed by atoms with Crippen LogP contribution < -0.4 is 5.32 Å². The quantitative estimate of drug-likeness (QED) is 0.728. The molecule has 5 nitrogen and oxygen atoms in total. The molecule has 2 N–H and O–H groups in total. The number of aliphatic carboxylic acids is 1. The van der Waals surface area contributed by atoms with Crippen LogP contribution in [0.4, 0.5) is 4.79 Å². The summed E-state index contributed by atoms with van der Waals surface area (Å²) < 4.78 is 0. The third-order valence-corrected chi connectivity index (χ3v) is 3.67. The average Bonchev–Trinajstić information content (AvgIpc) is 2.39. The van der Waals surface area contributed by atoms with E-state index in [1.807, 2.05) is 6.92 Å². The Morgan fingerprint density at radius 2 is 2.16 bits per heavy atom. The predicted molar refractivity (Wildman–Crippen MR) is 74.1 cm³/mol. The Morgan fingerprint density at radius 1 is 1.42 bits per heavy atom. The van der Waals surface area contributed by atoms with Crippen LogP contribution in [0.25, 0.3) is 0 Å². The van der Waals surface area contributed by atoms with Gasteiger partial charge in [0.05, 0.1) is 5.92 Å². The Bertz CT molecular complexity index is 307. The van der Waals surface area contributed by atoms with Crippen molar-refractivity contribution < 1.29 is 14.7 Å². The standard InChI is InChI=1S/C14H26N2O3/c1-3-4-5-7-11(2)15-14(19)16-9-6-8-12(10-16)13(17)18/h11-12H,3-10H2,1-2H3,(H,15,19)(H,17,18). The highest BCUT2D eigenvalue weighted by atomic mass is 16.4. The van der Waals surface area contributed by atoms with Crippen LogP contribution >= 0.6 is 0 Å². The molecule has 0 radical (unpaired) electrons. The van der Waals surface area contributed by atoms with Gasteiger partial charge in [-0.2, -0.15) is 0 Å². The van der Waals surface area contributed by atoms with Gasteiger partial charge in [-0.3, -0.25) is 4.79 Å². The predicted octanol–water partition coefficient (Wildman–Crippen LogP) is 2.46. The fraction of sp³-hybridized carbons (Fsp3) is 0.857. The molecule has 0 saturated carbocycles. The highest BCUT2D eigenvalue weighted by Gasteiger charge is 2.28. The second-order valence-corrected chi connectivity index (χ2v) is 5.47. The third kappa shape index (κ3) is 5.49. The van der Waals surface area contributed by atoms with Crippen molar-refractivity contribution >= 4 is 12.0 Å². The lowest BCUT2D eigenvalue weighted by Gasteiger charge is -2.31. The Kier molecular flexibility index (Phi) is 6.67. The number of amides is 2. The fourth-order valence-electron chi connectivity index (χ4n) is 2.44. The molecule has 1 heterocycles. The zero-order chi connectivity index (χ0) is 14.3. The maximum absolute atomic E-state index is 12.0. The summed E-state index contributed by atoms with van der Waals surface area (Å²) in [5.41, 5.74) is 0. The molecular weight excluding hydrogens is 244 g/mol. The molecule has 0 bridgehead atoms. The molecule has 110 valence electrons. The minimum atomic E-state index is -0.798. The number of nitrogens with zero attached hydrogens (tertiary/aromatic N) is 1. The Hall–Kier alpha value is -1.26. The van der Waals surface area contributed by atoms with Gasteiger partial charge in [0, 0.05) is 19.1 Å². The third-order valence-electron chi connectivity index (χ3n) is 3.67. The number of hydrogen-bond acceptors (Lipinski definition) is 2. The number of piperidine rings is 1. The van der Waals surface area contributed by atoms with Gasteiger partial charge in [-0.05, 0) is 26.2 Å². The van der Waals surface area contributed by atoms with Gasteiger partial charge in [-0.1, -0.05) is 26.2 Å². The van der Waals surface area contributed by atoms with Gasteiger partial charge >= 0.3 is 12.0 Å². The van der Waals surface area contributed by atoms with Crippen molar-refractivity contribution in [1.82, 2.24) is 10.2 Å². The summed E-state index contributed by atoms with van der Waals surface area (Å²) in [6.45, 7) is 5.16. The molecule has 0 spiro atoms. The smallest absolute Gasteiger partial charge is 0.317 e. The second-order valence-electron chi connectivity index (χ2n) is 5.47. The van der Waals surface area contributed by atoms with Gasteiger partial charge in [0.1, 0.15) is 0 Å². The molecule has 5 heteroatoms. The van der Waals surface area contributed by atoms with Crippen molar-refractivity contribution in [2.75, 3.05) is 13.1 Å². The zero-order valence-electron chi connectivity index (χ0n) is 12.0. The first-order valence-corrected chi connectivity index (χ1v) is 7.32. The summed E-state index contributed by atoms with van der Waals surface area (Å²) in [7, 11) is 0. The molecule has 1 aliphatic rings. The maximum Gasteiger partial charge on any atom is 0.317 e. The number of carboxylic acid groups (broad SMARTS) is 1. The van der Waals surface area contributed by atoms with Crippen molar-refractivity contribution in [3.63, 3.8) is 0 Å². The van der Waals surface area contributed by atoms with E-state index in [9.17, 15) is 9.59 Å². The molecule has 0 aromatic rings. The number of nitrogens with one attached hydrogen (secondary N) is 1. The van der Waals surface area contributed by atoms with Crippen molar-refractivity contribution in [3.05, 3.63) is 0 Å². The first-order valence-electron chi connectivity index (χ1n) is 7.32. The highest BCUT2D eigenvalue weighted by Crippen LogP contribution is 2.16. The van der Waals surface area contributed by atoms with Crippen LogP contribution in [0.5, 0.6) is 0 Å². The van der Waals surface area contributed by atoms with Crippen LogP contribution in [0.2, 0.25) is 0 Å². The number of unbranched alkanes of at least 4 members (excludes halogenated alkanes) is 2. The van der Waals surface area contributed by atoms with Crippen LogP contribution in [0.1, 0.15) is 52.4 Å². The SMILES string of the molecule is CCCCCC(C)NC(=O)N1CCCC(C(=O)O)C1. The van der Waals surface area contributed by atoms with E-state index in [0.29, 0.717) is 19.5 Å². The lowest BCUT2D eigenvalue weighted by molar-refractivity contribution is -0.143. The summed E-state index contributed by atoms with van der Waals surface area (Å²) in [6, 6.07) is 0.0409. The minimum absolute atomic E-state index is 0.116. The summed E-state index contributed by atoms with van der Waals surface area (Å²) in [6.07, 6.45) is 5.91. The normalized spacial score (nSPS) is 20.9. The van der Waals surface area contributed by atoms with Gasteiger partial charge in [0.25, 0.3) is 0 Å². The molecule has 2 atom stereocenters. The Labute approximate surface area is 115 Å². The van der Waals surface area contributed by atoms with Crippen LogP contribution in [-0.4, -0.2) is 41.1 Å². The molecular formula is C14H26N2O3. The van der Waals surface area contributed by atoms with Gasteiger partial charge < -0.3 is 15.3 Å². The lowest BCUT2D eigenvalue weighted by atomic mass is 9.99. The molecule has 0 aromatic carbocycles. The summed E-state index contributed by atoms with van der Waals surface area (Å²) in [4.78, 5) is 24.6. The number of carbonyl (C=O) groups excluding carboxylic acids is 1. The monoisotopic (exact) mass is 270 g/mol. The van der Waals surface area contributed by atoms with Crippen molar-refractivity contribution in [1.29, 1.82) is 0 Å². The topological polar surface area (TPSA) is 69.6 Å². The second kappa shape index (κ2) is 8.02. The van der Waals surface area contributed by atoms with E-state index in [2.05, 4.69) is 12.2 Å². The zero-order valence-corrected chi connectivity index (χ0v) is 12.0. The molecule has 1 aliphatic heterocycles. The van der Waals surface area contributed by atoms with Gasteiger partial charge in [-0.15, -0.1) is 0 Å². The molecule has 1 saturated heterocycles. The van der Waals surface area contributed by atoms with Crippen LogP contribution in [0.3, 0.4) is 0 Å². The van der Waals surface area contributed by atoms with Crippen LogP contribution in [0.15, 0.2) is 0 Å². The summed E-state index contributed by atoms with van der Waals surface area (Å²) in [5.74, 6) is -1.21. The number of rotatable bonds is 6. The number of hydrogen-bond donors (Lipinski definition) is 2.